The molecule has 0 spiro atoms. The van der Waals surface area contributed by atoms with Crippen molar-refractivity contribution in [2.75, 3.05) is 9.80 Å². The van der Waals surface area contributed by atoms with Crippen molar-refractivity contribution in [2.24, 2.45) is 0 Å². The fourth-order valence-corrected chi connectivity index (χ4v) is 10.1. The maximum atomic E-state index is 6.90. The van der Waals surface area contributed by atoms with Crippen LogP contribution in [-0.2, 0) is 53.6 Å². The van der Waals surface area contributed by atoms with Crippen molar-refractivity contribution in [3.63, 3.8) is 0 Å². The third-order valence-electron chi connectivity index (χ3n) is 14.6. The van der Waals surface area contributed by atoms with Crippen LogP contribution in [0.3, 0.4) is 0 Å². The number of nitrogens with zero attached hydrogens (tertiary/aromatic N) is 4. The Hall–Kier alpha value is -5.90. The molecule has 0 amide bonds. The van der Waals surface area contributed by atoms with Gasteiger partial charge in [0.15, 0.2) is 0 Å². The van der Waals surface area contributed by atoms with Crippen molar-refractivity contribution in [3.8, 4) is 17.3 Å². The standard InChI is InChI=1S/C66H73N4O.Pt/c1-61(2,3)46-30-33-56-55(39-46)54-32-31-53(42-57(54)70(56)58-40-47(34-35-67-58)62(4,5)6)71-52-29-23-28-50(41-52)68-43-69(51-37-48(63(7,8)9)36-49(38-51)64(10,11)12)60(66(15,16)45-26-21-18-22-27-45)59(68)65(13,14)44-24-19-17-20-25-44;/h17-40,43H,1-16H3;/q-3;. The number of pyridine rings is 1. The third kappa shape index (κ3) is 9.96. The van der Waals surface area contributed by atoms with Gasteiger partial charge in [-0.3, -0.25) is 0 Å². The first-order valence-electron chi connectivity index (χ1n) is 25.4. The van der Waals surface area contributed by atoms with E-state index in [-0.39, 0.29) is 42.7 Å². The van der Waals surface area contributed by atoms with Gasteiger partial charge in [-0.15, -0.1) is 48.1 Å². The summed E-state index contributed by atoms with van der Waals surface area (Å²) in [6.45, 7) is 39.1. The molecular weight excluding hydrogens is 1060 g/mol. The number of allylic oxidation sites excluding steroid dienone is 2. The molecule has 0 N–H and O–H groups in total. The van der Waals surface area contributed by atoms with E-state index in [0.717, 1.165) is 39.0 Å². The second-order valence-electron chi connectivity index (χ2n) is 24.9. The van der Waals surface area contributed by atoms with Gasteiger partial charge in [0.05, 0.1) is 0 Å². The average molecular weight is 1130 g/mol. The molecule has 2 aromatic heterocycles. The minimum absolute atomic E-state index is 0. The summed E-state index contributed by atoms with van der Waals surface area (Å²) >= 11 is 0. The molecule has 0 aliphatic carbocycles. The predicted molar refractivity (Wildman–Crippen MR) is 299 cm³/mol. The summed E-state index contributed by atoms with van der Waals surface area (Å²) in [5.74, 6) is 2.06. The van der Waals surface area contributed by atoms with Crippen LogP contribution in [0.1, 0.15) is 144 Å². The number of aromatic nitrogens is 2. The number of fused-ring (bicyclic) bond motifs is 3. The van der Waals surface area contributed by atoms with Crippen molar-refractivity contribution in [2.45, 2.75) is 143 Å². The van der Waals surface area contributed by atoms with Gasteiger partial charge < -0.3 is 19.1 Å². The number of ether oxygens (including phenoxy) is 1. The molecule has 0 fully saturated rings. The van der Waals surface area contributed by atoms with Crippen LogP contribution in [0.25, 0.3) is 27.6 Å². The molecule has 0 saturated heterocycles. The molecule has 9 rings (SSSR count). The van der Waals surface area contributed by atoms with Gasteiger partial charge in [-0.05, 0) is 90.8 Å². The summed E-state index contributed by atoms with van der Waals surface area (Å²) in [6.07, 6.45) is 1.92. The van der Waals surface area contributed by atoms with Crippen molar-refractivity contribution >= 4 is 33.2 Å². The van der Waals surface area contributed by atoms with E-state index in [1.165, 1.54) is 44.8 Å². The molecule has 5 nitrogen and oxygen atoms in total. The zero-order valence-electron chi connectivity index (χ0n) is 45.4. The smallest absolute Gasteiger partial charge is 0.135 e. The van der Waals surface area contributed by atoms with Gasteiger partial charge in [0.25, 0.3) is 0 Å². The molecule has 0 atom stereocenters. The molecule has 0 bridgehead atoms. The second kappa shape index (κ2) is 18.9. The van der Waals surface area contributed by atoms with E-state index in [2.05, 4.69) is 271 Å². The summed E-state index contributed by atoms with van der Waals surface area (Å²) in [5.41, 5.74) is 12.8. The predicted octanol–water partition coefficient (Wildman–Crippen LogP) is 17.4. The maximum absolute atomic E-state index is 6.90. The summed E-state index contributed by atoms with van der Waals surface area (Å²) in [4.78, 5) is 9.80. The van der Waals surface area contributed by atoms with Gasteiger partial charge >= 0.3 is 0 Å². The molecule has 72 heavy (non-hydrogen) atoms. The fraction of sp³-hybridized carbons (Fsp3) is 0.333. The van der Waals surface area contributed by atoms with Crippen molar-refractivity contribution in [3.05, 3.63) is 209 Å². The van der Waals surface area contributed by atoms with Crippen LogP contribution in [0, 0.1) is 18.8 Å². The molecule has 1 aliphatic rings. The van der Waals surface area contributed by atoms with Crippen LogP contribution in [0.4, 0.5) is 11.4 Å². The van der Waals surface area contributed by atoms with Crippen LogP contribution >= 0.6 is 0 Å². The zero-order chi connectivity index (χ0) is 51.1. The van der Waals surface area contributed by atoms with E-state index < -0.39 is 10.8 Å². The molecule has 0 radical (unpaired) electrons. The summed E-state index contributed by atoms with van der Waals surface area (Å²) in [5, 5.41) is 2.26. The fourth-order valence-electron chi connectivity index (χ4n) is 10.1. The second-order valence-corrected chi connectivity index (χ2v) is 24.9. The third-order valence-corrected chi connectivity index (χ3v) is 14.6. The summed E-state index contributed by atoms with van der Waals surface area (Å²) in [6, 6.07) is 58.2. The van der Waals surface area contributed by atoms with Crippen molar-refractivity contribution in [1.82, 2.24) is 9.55 Å². The molecule has 8 aromatic rings. The minimum atomic E-state index is -0.468. The first-order valence-corrected chi connectivity index (χ1v) is 25.4. The Morgan fingerprint density at radius 1 is 0.444 bits per heavy atom. The monoisotopic (exact) mass is 1130 g/mol. The van der Waals surface area contributed by atoms with Crippen LogP contribution in [0.5, 0.6) is 11.5 Å². The zero-order valence-corrected chi connectivity index (χ0v) is 47.7. The number of rotatable bonds is 9. The van der Waals surface area contributed by atoms with E-state index in [9.17, 15) is 0 Å². The van der Waals surface area contributed by atoms with E-state index in [1.54, 1.807) is 0 Å². The van der Waals surface area contributed by atoms with E-state index in [0.29, 0.717) is 11.5 Å². The molecule has 3 heterocycles. The number of hydrogen-bond donors (Lipinski definition) is 0. The topological polar surface area (TPSA) is 33.5 Å². The van der Waals surface area contributed by atoms with Crippen molar-refractivity contribution in [1.29, 1.82) is 0 Å². The van der Waals surface area contributed by atoms with Gasteiger partial charge in [0, 0.05) is 72.2 Å². The Morgan fingerprint density at radius 3 is 1.53 bits per heavy atom. The van der Waals surface area contributed by atoms with Gasteiger partial charge in [-0.2, -0.15) is 12.1 Å². The first kappa shape index (κ1) is 52.4. The van der Waals surface area contributed by atoms with Gasteiger partial charge in [0.2, 0.25) is 0 Å². The van der Waals surface area contributed by atoms with Crippen LogP contribution in [0.15, 0.2) is 157 Å². The SMILES string of the molecule is CC(C)(C)c1cc(N2[CH-]N(c3[c-]c(Oc4[c-]c5c(cc4)c4cc(C(C)(C)C)ccc4n5-c4cc(C(C)(C)C)ccn4)ccc3)C(C(C)(C)c3ccccc3)=C2C(C)(C)c2ccccc2)cc(C(C)(C)C)c1.[Pt]. The Bertz CT molecular complexity index is 3260. The van der Waals surface area contributed by atoms with Gasteiger partial charge in [-0.1, -0.05) is 195 Å². The Kier molecular flexibility index (Phi) is 13.7. The molecular formula is C66H73N4OPt-3. The number of benzene rings is 6. The number of hydrogen-bond acceptors (Lipinski definition) is 4. The first-order chi connectivity index (χ1) is 33.2. The summed E-state index contributed by atoms with van der Waals surface area (Å²) < 4.78 is 9.14. The molecule has 0 saturated carbocycles. The Balaban J connectivity index is 0.00000693. The Morgan fingerprint density at radius 2 is 0.972 bits per heavy atom. The van der Waals surface area contributed by atoms with Crippen LogP contribution in [0.2, 0.25) is 0 Å². The number of anilines is 2. The van der Waals surface area contributed by atoms with Crippen LogP contribution in [-0.4, -0.2) is 9.55 Å². The maximum Gasteiger partial charge on any atom is 0.135 e. The molecule has 6 heteroatoms. The summed E-state index contributed by atoms with van der Waals surface area (Å²) in [7, 11) is 0. The Labute approximate surface area is 445 Å². The average Bonchev–Trinajstić information content (AvgIpc) is 3.89. The van der Waals surface area contributed by atoms with E-state index in [1.807, 2.05) is 18.3 Å². The van der Waals surface area contributed by atoms with E-state index in [4.69, 9.17) is 9.72 Å². The molecule has 6 aromatic carbocycles. The van der Waals surface area contributed by atoms with Gasteiger partial charge in [-0.25, -0.2) is 4.98 Å². The normalized spacial score (nSPS) is 14.1. The van der Waals surface area contributed by atoms with E-state index >= 15 is 0 Å². The molecule has 376 valence electrons. The van der Waals surface area contributed by atoms with Gasteiger partial charge in [0.1, 0.15) is 5.82 Å². The van der Waals surface area contributed by atoms with Crippen LogP contribution < -0.4 is 14.5 Å². The largest absolute Gasteiger partial charge is 0.509 e. The quantitative estimate of drug-likeness (QED) is 0.135. The minimum Gasteiger partial charge on any atom is -0.509 e. The molecule has 1 aliphatic heterocycles. The molecule has 0 unspecified atom stereocenters. The van der Waals surface area contributed by atoms with Crippen molar-refractivity contribution < 1.29 is 25.8 Å².